The molecule has 3 rings (SSSR count). The van der Waals surface area contributed by atoms with Crippen LogP contribution < -0.4 is 10.2 Å². The molecule has 2 aromatic rings. The van der Waals surface area contributed by atoms with Crippen molar-refractivity contribution >= 4 is 35.0 Å². The van der Waals surface area contributed by atoms with Crippen LogP contribution >= 0.6 is 11.6 Å². The van der Waals surface area contributed by atoms with Crippen LogP contribution in [0.5, 0.6) is 0 Å². The molecule has 0 saturated carbocycles. The molecule has 0 aliphatic carbocycles. The van der Waals surface area contributed by atoms with Crippen LogP contribution in [0.1, 0.15) is 24.0 Å². The molecule has 0 radical (unpaired) electrons. The Balaban J connectivity index is 1.45. The van der Waals surface area contributed by atoms with Crippen LogP contribution in [0, 0.1) is 17.2 Å². The molecule has 1 aromatic carbocycles. The fourth-order valence-corrected chi connectivity index (χ4v) is 3.44. The standard InChI is InChI=1S/C21H18ClF3N4O3/c22-17-9-16(3-1-14(17)10-26)28-19(30)12-32-20(31)13-5-7-29(8-6-13)18-4-2-15(11-27-18)21(23,24)25/h1-4,9,11,13H,5-8,12H2,(H,28,30). The number of halogens is 4. The predicted molar refractivity (Wildman–Crippen MR) is 110 cm³/mol. The zero-order chi connectivity index (χ0) is 23.3. The number of hydrogen-bond acceptors (Lipinski definition) is 6. The number of hydrogen-bond donors (Lipinski definition) is 1. The van der Waals surface area contributed by atoms with Gasteiger partial charge in [0.1, 0.15) is 11.9 Å². The minimum atomic E-state index is -4.44. The van der Waals surface area contributed by atoms with Crippen molar-refractivity contribution < 1.29 is 27.5 Å². The number of piperidine rings is 1. The number of carbonyl (C=O) groups excluding carboxylic acids is 2. The van der Waals surface area contributed by atoms with Crippen LogP contribution in [0.25, 0.3) is 0 Å². The van der Waals surface area contributed by atoms with Crippen LogP contribution in [0.3, 0.4) is 0 Å². The highest BCUT2D eigenvalue weighted by Gasteiger charge is 2.31. The summed E-state index contributed by atoms with van der Waals surface area (Å²) in [4.78, 5) is 29.9. The summed E-state index contributed by atoms with van der Waals surface area (Å²) < 4.78 is 43.0. The maximum Gasteiger partial charge on any atom is 0.417 e. The van der Waals surface area contributed by atoms with E-state index in [4.69, 9.17) is 21.6 Å². The summed E-state index contributed by atoms with van der Waals surface area (Å²) in [6.07, 6.45) is -2.81. The first-order valence-corrected chi connectivity index (χ1v) is 9.99. The lowest BCUT2D eigenvalue weighted by Gasteiger charge is -2.31. The van der Waals surface area contributed by atoms with Crippen LogP contribution in [0.2, 0.25) is 5.02 Å². The molecule has 1 aliphatic heterocycles. The molecule has 0 bridgehead atoms. The maximum absolute atomic E-state index is 12.7. The van der Waals surface area contributed by atoms with Gasteiger partial charge in [-0.25, -0.2) is 4.98 Å². The fraction of sp³-hybridized carbons (Fsp3) is 0.333. The first-order valence-electron chi connectivity index (χ1n) is 9.61. The summed E-state index contributed by atoms with van der Waals surface area (Å²) in [5.74, 6) is -1.08. The number of benzene rings is 1. The van der Waals surface area contributed by atoms with Crippen molar-refractivity contribution in [3.63, 3.8) is 0 Å². The van der Waals surface area contributed by atoms with E-state index in [1.807, 2.05) is 6.07 Å². The van der Waals surface area contributed by atoms with Gasteiger partial charge in [0.25, 0.3) is 5.91 Å². The number of amides is 1. The monoisotopic (exact) mass is 466 g/mol. The molecule has 1 saturated heterocycles. The van der Waals surface area contributed by atoms with Crippen LogP contribution in [-0.4, -0.2) is 36.6 Å². The van der Waals surface area contributed by atoms with E-state index < -0.39 is 36.1 Å². The van der Waals surface area contributed by atoms with Crippen molar-refractivity contribution in [2.45, 2.75) is 19.0 Å². The van der Waals surface area contributed by atoms with Crippen LogP contribution in [0.15, 0.2) is 36.5 Å². The molecule has 168 valence electrons. The molecule has 1 aromatic heterocycles. The Morgan fingerprint density at radius 3 is 2.53 bits per heavy atom. The fourth-order valence-electron chi connectivity index (χ4n) is 3.22. The minimum absolute atomic E-state index is 0.191. The highest BCUT2D eigenvalue weighted by Crippen LogP contribution is 2.30. The van der Waals surface area contributed by atoms with Crippen LogP contribution in [-0.2, 0) is 20.5 Å². The molecule has 7 nitrogen and oxygen atoms in total. The third-order valence-electron chi connectivity index (χ3n) is 4.95. The van der Waals surface area contributed by atoms with Gasteiger partial charge in [0.2, 0.25) is 0 Å². The van der Waals surface area contributed by atoms with Crippen molar-refractivity contribution in [3.05, 3.63) is 52.7 Å². The normalized spacial score (nSPS) is 14.5. The van der Waals surface area contributed by atoms with Crippen molar-refractivity contribution in [2.24, 2.45) is 5.92 Å². The Kier molecular flexibility index (Phi) is 7.20. The quantitative estimate of drug-likeness (QED) is 0.669. The maximum atomic E-state index is 12.7. The van der Waals surface area contributed by atoms with E-state index >= 15 is 0 Å². The molecule has 1 aliphatic rings. The van der Waals surface area contributed by atoms with Gasteiger partial charge in [-0.15, -0.1) is 0 Å². The zero-order valence-corrected chi connectivity index (χ0v) is 17.4. The number of ether oxygens (including phenoxy) is 1. The number of esters is 1. The molecule has 11 heteroatoms. The third kappa shape index (κ3) is 5.88. The summed E-state index contributed by atoms with van der Waals surface area (Å²) in [5.41, 5.74) is -0.178. The van der Waals surface area contributed by atoms with Crippen molar-refractivity contribution in [1.29, 1.82) is 5.26 Å². The van der Waals surface area contributed by atoms with E-state index in [0.717, 1.165) is 12.3 Å². The number of rotatable bonds is 5. The second-order valence-corrected chi connectivity index (χ2v) is 7.53. The number of nitriles is 1. The van der Waals surface area contributed by atoms with Gasteiger partial charge in [-0.1, -0.05) is 11.6 Å². The molecule has 32 heavy (non-hydrogen) atoms. The van der Waals surface area contributed by atoms with E-state index in [-0.39, 0.29) is 10.6 Å². The molecule has 2 heterocycles. The Morgan fingerprint density at radius 2 is 1.97 bits per heavy atom. The zero-order valence-electron chi connectivity index (χ0n) is 16.7. The second-order valence-electron chi connectivity index (χ2n) is 7.13. The highest BCUT2D eigenvalue weighted by atomic mass is 35.5. The minimum Gasteiger partial charge on any atom is -0.455 e. The van der Waals surface area contributed by atoms with Crippen molar-refractivity contribution in [2.75, 3.05) is 29.9 Å². The van der Waals surface area contributed by atoms with Gasteiger partial charge < -0.3 is 15.0 Å². The topological polar surface area (TPSA) is 95.3 Å². The number of nitrogens with one attached hydrogen (secondary N) is 1. The number of anilines is 2. The molecule has 0 atom stereocenters. The number of nitrogens with zero attached hydrogens (tertiary/aromatic N) is 3. The van der Waals surface area contributed by atoms with E-state index in [0.29, 0.717) is 37.4 Å². The van der Waals surface area contributed by atoms with Crippen molar-refractivity contribution in [1.82, 2.24) is 4.98 Å². The third-order valence-corrected chi connectivity index (χ3v) is 5.26. The van der Waals surface area contributed by atoms with E-state index in [2.05, 4.69) is 10.3 Å². The molecule has 1 fully saturated rings. The number of pyridine rings is 1. The number of aromatic nitrogens is 1. The lowest BCUT2D eigenvalue weighted by atomic mass is 9.97. The average Bonchev–Trinajstić information content (AvgIpc) is 2.77. The van der Waals surface area contributed by atoms with Crippen LogP contribution in [0.4, 0.5) is 24.7 Å². The Labute approximate surface area is 186 Å². The molecular formula is C21H18ClF3N4O3. The molecule has 1 N–H and O–H groups in total. The lowest BCUT2D eigenvalue weighted by molar-refractivity contribution is -0.152. The van der Waals surface area contributed by atoms with Gasteiger partial charge in [-0.3, -0.25) is 9.59 Å². The molecular weight excluding hydrogens is 449 g/mol. The largest absolute Gasteiger partial charge is 0.455 e. The summed E-state index contributed by atoms with van der Waals surface area (Å²) in [7, 11) is 0. The average molecular weight is 467 g/mol. The van der Waals surface area contributed by atoms with Crippen molar-refractivity contribution in [3.8, 4) is 6.07 Å². The first-order chi connectivity index (χ1) is 15.2. The predicted octanol–water partition coefficient (Wildman–Crippen LogP) is 4.02. The summed E-state index contributed by atoms with van der Waals surface area (Å²) in [5, 5.41) is 11.6. The Morgan fingerprint density at radius 1 is 1.25 bits per heavy atom. The Bertz CT molecular complexity index is 1030. The lowest BCUT2D eigenvalue weighted by Crippen LogP contribution is -2.38. The SMILES string of the molecule is N#Cc1ccc(NC(=O)COC(=O)C2CCN(c3ccc(C(F)(F)F)cn3)CC2)cc1Cl. The Hall–Kier alpha value is -3.32. The second kappa shape index (κ2) is 9.87. The van der Waals surface area contributed by atoms with E-state index in [1.54, 1.807) is 4.90 Å². The highest BCUT2D eigenvalue weighted by molar-refractivity contribution is 6.32. The van der Waals surface area contributed by atoms with Gasteiger partial charge in [0.05, 0.1) is 22.1 Å². The molecule has 0 unspecified atom stereocenters. The van der Waals surface area contributed by atoms with E-state index in [9.17, 15) is 22.8 Å². The molecule has 1 amide bonds. The number of carbonyl (C=O) groups is 2. The van der Waals surface area contributed by atoms with Gasteiger partial charge in [0, 0.05) is 25.0 Å². The molecule has 0 spiro atoms. The summed E-state index contributed by atoms with van der Waals surface area (Å²) in [6.45, 7) is 0.374. The number of alkyl halides is 3. The van der Waals surface area contributed by atoms with Gasteiger partial charge in [-0.2, -0.15) is 18.4 Å². The van der Waals surface area contributed by atoms with Gasteiger partial charge in [0.15, 0.2) is 6.61 Å². The first kappa shape index (κ1) is 23.3. The summed E-state index contributed by atoms with van der Waals surface area (Å²) in [6, 6.07) is 8.58. The van der Waals surface area contributed by atoms with Gasteiger partial charge >= 0.3 is 12.1 Å². The summed E-state index contributed by atoms with van der Waals surface area (Å²) >= 11 is 5.91. The smallest absolute Gasteiger partial charge is 0.417 e. The van der Waals surface area contributed by atoms with Gasteiger partial charge in [-0.05, 0) is 43.2 Å². The van der Waals surface area contributed by atoms with E-state index in [1.165, 1.54) is 24.3 Å².